The second kappa shape index (κ2) is 9.94. The van der Waals surface area contributed by atoms with Gasteiger partial charge in [-0.15, -0.1) is 10.3 Å². The van der Waals surface area contributed by atoms with Gasteiger partial charge < -0.3 is 17.9 Å². The average Bonchev–Trinajstić information content (AvgIpc) is 2.42. The first-order chi connectivity index (χ1) is 9.03. The van der Waals surface area contributed by atoms with Gasteiger partial charge in [-0.1, -0.05) is 13.8 Å². The molecule has 0 aromatic heterocycles. The van der Waals surface area contributed by atoms with Crippen LogP contribution in [0.1, 0.15) is 54.4 Å². The largest absolute Gasteiger partial charge is 0.863 e. The predicted molar refractivity (Wildman–Crippen MR) is 78.0 cm³/mol. The highest BCUT2D eigenvalue weighted by molar-refractivity contribution is 6.53. The van der Waals surface area contributed by atoms with Crippen LogP contribution in [0.25, 0.3) is 0 Å². The molecular weight excluding hydrogens is 264 g/mol. The van der Waals surface area contributed by atoms with Crippen LogP contribution in [-0.4, -0.2) is 33.7 Å². The molecule has 0 heterocycles. The van der Waals surface area contributed by atoms with Gasteiger partial charge in [-0.3, -0.25) is 0 Å². The van der Waals surface area contributed by atoms with Crippen molar-refractivity contribution in [3.63, 3.8) is 0 Å². The fourth-order valence-electron chi connectivity index (χ4n) is 0.914. The standard InChI is InChI=1S/C12H26N2O4Si/c1-7-11(5)13-17-19(15-9-3,16-10-4)18-14-12(6)8-2/h7-10H2,1-6H3. The zero-order valence-corrected chi connectivity index (χ0v) is 13.9. The van der Waals surface area contributed by atoms with Crippen LogP contribution in [0.2, 0.25) is 0 Å². The third-order valence-electron chi connectivity index (χ3n) is 2.29. The van der Waals surface area contributed by atoms with E-state index in [1.807, 2.05) is 41.5 Å². The van der Waals surface area contributed by atoms with E-state index in [1.54, 1.807) is 0 Å². The molecule has 7 heteroatoms. The summed E-state index contributed by atoms with van der Waals surface area (Å²) in [4.78, 5) is 0. The van der Waals surface area contributed by atoms with Crippen LogP contribution in [0.15, 0.2) is 10.3 Å². The Hall–Kier alpha value is -0.923. The van der Waals surface area contributed by atoms with Gasteiger partial charge in [-0.25, -0.2) is 0 Å². The smallest absolute Gasteiger partial charge is 0.361 e. The topological polar surface area (TPSA) is 61.6 Å². The fourth-order valence-corrected chi connectivity index (χ4v) is 2.48. The summed E-state index contributed by atoms with van der Waals surface area (Å²) < 4.78 is 21.9. The summed E-state index contributed by atoms with van der Waals surface area (Å²) in [6.07, 6.45) is 1.58. The monoisotopic (exact) mass is 290 g/mol. The third kappa shape index (κ3) is 7.29. The van der Waals surface area contributed by atoms with E-state index in [9.17, 15) is 0 Å². The van der Waals surface area contributed by atoms with Gasteiger partial charge >= 0.3 is 9.05 Å². The Morgan fingerprint density at radius 2 is 1.16 bits per heavy atom. The Morgan fingerprint density at radius 1 is 0.789 bits per heavy atom. The Labute approximate surface area is 117 Å². The van der Waals surface area contributed by atoms with E-state index in [0.29, 0.717) is 13.2 Å². The molecule has 19 heavy (non-hydrogen) atoms. The quantitative estimate of drug-likeness (QED) is 0.352. The molecule has 0 unspecified atom stereocenters. The van der Waals surface area contributed by atoms with E-state index in [4.69, 9.17) is 17.9 Å². The van der Waals surface area contributed by atoms with E-state index in [2.05, 4.69) is 10.3 Å². The fraction of sp³-hybridized carbons (Fsp3) is 0.833. The van der Waals surface area contributed by atoms with Crippen LogP contribution < -0.4 is 0 Å². The molecule has 0 aliphatic rings. The van der Waals surface area contributed by atoms with E-state index in [-0.39, 0.29) is 0 Å². The van der Waals surface area contributed by atoms with E-state index < -0.39 is 9.05 Å². The maximum Gasteiger partial charge on any atom is 0.863 e. The van der Waals surface area contributed by atoms with Gasteiger partial charge in [0.15, 0.2) is 0 Å². The highest BCUT2D eigenvalue weighted by Gasteiger charge is 2.53. The Bertz CT molecular complexity index is 278. The summed E-state index contributed by atoms with van der Waals surface area (Å²) in [5.74, 6) is 0. The highest BCUT2D eigenvalue weighted by Crippen LogP contribution is 2.14. The zero-order chi connectivity index (χ0) is 14.7. The molecule has 0 atom stereocenters. The molecule has 0 fully saturated rings. The highest BCUT2D eigenvalue weighted by atomic mass is 28.4. The van der Waals surface area contributed by atoms with Crippen LogP contribution in [0, 0.1) is 0 Å². The van der Waals surface area contributed by atoms with E-state index in [1.165, 1.54) is 0 Å². The minimum absolute atomic E-state index is 0.410. The van der Waals surface area contributed by atoms with Crippen molar-refractivity contribution < 1.29 is 17.9 Å². The summed E-state index contributed by atoms with van der Waals surface area (Å²) in [5, 5.41) is 7.98. The maximum absolute atomic E-state index is 5.52. The molecule has 0 radical (unpaired) electrons. The van der Waals surface area contributed by atoms with Crippen molar-refractivity contribution >= 4 is 20.5 Å². The van der Waals surface area contributed by atoms with E-state index in [0.717, 1.165) is 24.3 Å². The van der Waals surface area contributed by atoms with Crippen LogP contribution >= 0.6 is 0 Å². The lowest BCUT2D eigenvalue weighted by Crippen LogP contribution is -2.47. The van der Waals surface area contributed by atoms with Crippen LogP contribution in [0.4, 0.5) is 0 Å². The van der Waals surface area contributed by atoms with Gasteiger partial charge in [0.05, 0.1) is 11.4 Å². The second-order valence-corrected chi connectivity index (χ2v) is 5.85. The molecule has 0 saturated heterocycles. The molecule has 0 aromatic carbocycles. The van der Waals surface area contributed by atoms with Crippen molar-refractivity contribution in [3.05, 3.63) is 0 Å². The lowest BCUT2D eigenvalue weighted by atomic mass is 10.3. The number of rotatable bonds is 10. The van der Waals surface area contributed by atoms with Crippen LogP contribution in [0.5, 0.6) is 0 Å². The van der Waals surface area contributed by atoms with Crippen LogP contribution in [0.3, 0.4) is 0 Å². The molecule has 0 aliphatic carbocycles. The lowest BCUT2D eigenvalue weighted by Gasteiger charge is -2.21. The van der Waals surface area contributed by atoms with Gasteiger partial charge in [-0.05, 0) is 40.5 Å². The summed E-state index contributed by atoms with van der Waals surface area (Å²) in [6, 6.07) is 0. The minimum Gasteiger partial charge on any atom is -0.361 e. The van der Waals surface area contributed by atoms with Crippen molar-refractivity contribution in [1.82, 2.24) is 0 Å². The molecule has 0 aliphatic heterocycles. The summed E-state index contributed by atoms with van der Waals surface area (Å²) in [6.45, 7) is 12.2. The first kappa shape index (κ1) is 18.1. The lowest BCUT2D eigenvalue weighted by molar-refractivity contribution is -0.0283. The molecule has 0 N–H and O–H groups in total. The molecule has 0 aromatic rings. The second-order valence-electron chi connectivity index (χ2n) is 3.91. The Balaban J connectivity index is 4.94. The SMILES string of the molecule is CCO[Si](OCC)(ON=C(C)CC)ON=C(C)CC. The van der Waals surface area contributed by atoms with Crippen molar-refractivity contribution in [2.24, 2.45) is 10.3 Å². The molecule has 0 amide bonds. The predicted octanol–water partition coefficient (Wildman–Crippen LogP) is 3.10. The molecule has 0 rings (SSSR count). The maximum atomic E-state index is 5.52. The molecule has 0 bridgehead atoms. The molecule has 0 saturated carbocycles. The van der Waals surface area contributed by atoms with Gasteiger partial charge in [0.1, 0.15) is 0 Å². The Morgan fingerprint density at radius 3 is 1.42 bits per heavy atom. The average molecular weight is 290 g/mol. The van der Waals surface area contributed by atoms with Gasteiger partial charge in [0.2, 0.25) is 0 Å². The number of hydrogen-bond acceptors (Lipinski definition) is 6. The van der Waals surface area contributed by atoms with Crippen molar-refractivity contribution in [3.8, 4) is 0 Å². The zero-order valence-electron chi connectivity index (χ0n) is 12.9. The number of hydrogen-bond donors (Lipinski definition) is 0. The van der Waals surface area contributed by atoms with Crippen molar-refractivity contribution in [1.29, 1.82) is 0 Å². The van der Waals surface area contributed by atoms with Gasteiger partial charge in [-0.2, -0.15) is 0 Å². The van der Waals surface area contributed by atoms with Crippen molar-refractivity contribution in [2.45, 2.75) is 54.4 Å². The van der Waals surface area contributed by atoms with Gasteiger partial charge in [0, 0.05) is 13.2 Å². The summed E-state index contributed by atoms with van der Waals surface area (Å²) in [5.41, 5.74) is 1.69. The van der Waals surface area contributed by atoms with E-state index >= 15 is 0 Å². The first-order valence-electron chi connectivity index (χ1n) is 6.74. The van der Waals surface area contributed by atoms with Crippen LogP contribution in [-0.2, 0) is 17.9 Å². The molecule has 6 nitrogen and oxygen atoms in total. The summed E-state index contributed by atoms with van der Waals surface area (Å²) in [7, 11) is -3.33. The van der Waals surface area contributed by atoms with Crippen molar-refractivity contribution in [2.75, 3.05) is 13.2 Å². The number of oxime groups is 2. The normalized spacial score (nSPS) is 13.6. The molecule has 0 spiro atoms. The molecular formula is C12H26N2O4Si. The Kier molecular flexibility index (Phi) is 9.45. The molecule has 112 valence electrons. The number of nitrogens with zero attached hydrogens (tertiary/aromatic N) is 2. The first-order valence-corrected chi connectivity index (χ1v) is 8.37. The minimum atomic E-state index is -3.33. The summed E-state index contributed by atoms with van der Waals surface area (Å²) >= 11 is 0. The van der Waals surface area contributed by atoms with Gasteiger partial charge in [0.25, 0.3) is 0 Å². The third-order valence-corrected chi connectivity index (χ3v) is 4.21.